The molecule has 8 aromatic rings. The Labute approximate surface area is 248 Å². The quantitative estimate of drug-likeness (QED) is 0.220. The molecule has 0 fully saturated rings. The summed E-state index contributed by atoms with van der Waals surface area (Å²) in [6.07, 6.45) is 8.37. The zero-order valence-electron chi connectivity index (χ0n) is 23.2. The Hall–Kier alpha value is -5.94. The lowest BCUT2D eigenvalue weighted by atomic mass is 10.1. The van der Waals surface area contributed by atoms with Crippen LogP contribution in [-0.4, -0.2) is 19.3 Å². The Morgan fingerprint density at radius 1 is 0.535 bits per heavy atom. The first-order valence-corrected chi connectivity index (χ1v) is 14.4. The molecule has 0 N–H and O–H groups in total. The number of aromatic nitrogens is 4. The Morgan fingerprint density at radius 2 is 1.30 bits per heavy atom. The van der Waals surface area contributed by atoms with Crippen molar-refractivity contribution in [1.29, 1.82) is 0 Å². The van der Waals surface area contributed by atoms with Crippen LogP contribution in [0, 0.1) is 0 Å². The summed E-state index contributed by atoms with van der Waals surface area (Å²) in [6.45, 7) is 0. The van der Waals surface area contributed by atoms with Crippen molar-refractivity contribution in [3.8, 4) is 11.5 Å². The maximum Gasteiger partial charge on any atom is 0.137 e. The molecule has 0 unspecified atom stereocenters. The van der Waals surface area contributed by atoms with Crippen LogP contribution in [-0.2, 0) is 0 Å². The summed E-state index contributed by atoms with van der Waals surface area (Å²) in [5.41, 5.74) is 9.84. The number of anilines is 3. The van der Waals surface area contributed by atoms with Gasteiger partial charge in [-0.25, -0.2) is 9.67 Å². The Morgan fingerprint density at radius 3 is 2.21 bits per heavy atom. The molecular formula is C38H25N5. The number of benzene rings is 5. The predicted octanol–water partition coefficient (Wildman–Crippen LogP) is 9.47. The SMILES string of the molecule is C1=Cc2ccc(-n3cc4ccccc4n3)cc2N(c2ccc3c4ccccc4n(-c4ccccn4)c3c2)c2ccccc21. The van der Waals surface area contributed by atoms with Crippen molar-refractivity contribution in [2.24, 2.45) is 0 Å². The summed E-state index contributed by atoms with van der Waals surface area (Å²) in [7, 11) is 0. The molecule has 0 radical (unpaired) electrons. The van der Waals surface area contributed by atoms with Gasteiger partial charge in [-0.3, -0.25) is 4.57 Å². The highest BCUT2D eigenvalue weighted by atomic mass is 15.3. The molecular weight excluding hydrogens is 526 g/mol. The van der Waals surface area contributed by atoms with Crippen LogP contribution >= 0.6 is 0 Å². The molecule has 5 aromatic carbocycles. The molecule has 0 amide bonds. The van der Waals surface area contributed by atoms with E-state index in [2.05, 4.69) is 137 Å². The lowest BCUT2D eigenvalue weighted by Gasteiger charge is -2.28. The smallest absolute Gasteiger partial charge is 0.137 e. The second-order valence-electron chi connectivity index (χ2n) is 10.8. The van der Waals surface area contributed by atoms with Gasteiger partial charge in [-0.05, 0) is 65.7 Å². The standard InChI is InChI=1S/C38H25N5/c1-4-12-33-28(10-1)25-41(40-33)29-19-18-27-17-16-26-9-2-5-13-34(26)42(36(27)23-29)30-20-21-32-31-11-3-6-14-35(31)43(37(32)24-30)38-15-7-8-22-39-38/h1-25H. The van der Waals surface area contributed by atoms with Crippen LogP contribution in [0.3, 0.4) is 0 Å². The highest BCUT2D eigenvalue weighted by Gasteiger charge is 2.22. The molecule has 4 heterocycles. The van der Waals surface area contributed by atoms with E-state index in [0.29, 0.717) is 0 Å². The average Bonchev–Trinajstić information content (AvgIpc) is 3.59. The molecule has 202 valence electrons. The molecule has 0 aliphatic carbocycles. The maximum atomic E-state index is 4.88. The lowest BCUT2D eigenvalue weighted by molar-refractivity contribution is 0.896. The predicted molar refractivity (Wildman–Crippen MR) is 177 cm³/mol. The van der Waals surface area contributed by atoms with E-state index in [-0.39, 0.29) is 0 Å². The van der Waals surface area contributed by atoms with E-state index >= 15 is 0 Å². The van der Waals surface area contributed by atoms with E-state index in [4.69, 9.17) is 10.1 Å². The van der Waals surface area contributed by atoms with Crippen molar-refractivity contribution in [1.82, 2.24) is 19.3 Å². The van der Waals surface area contributed by atoms with Crippen LogP contribution in [0.25, 0.3) is 56.4 Å². The number of fused-ring (bicyclic) bond motifs is 6. The van der Waals surface area contributed by atoms with Crippen molar-refractivity contribution in [2.75, 3.05) is 4.90 Å². The number of hydrogen-bond acceptors (Lipinski definition) is 3. The lowest BCUT2D eigenvalue weighted by Crippen LogP contribution is -2.12. The molecule has 1 aliphatic rings. The summed E-state index contributed by atoms with van der Waals surface area (Å²) in [5.74, 6) is 0.900. The normalized spacial score (nSPS) is 12.5. The third-order valence-electron chi connectivity index (χ3n) is 8.35. The number of nitrogens with zero attached hydrogens (tertiary/aromatic N) is 5. The first-order valence-electron chi connectivity index (χ1n) is 14.4. The summed E-state index contributed by atoms with van der Waals surface area (Å²) in [4.78, 5) is 7.12. The molecule has 1 aliphatic heterocycles. The second-order valence-corrected chi connectivity index (χ2v) is 10.8. The van der Waals surface area contributed by atoms with Gasteiger partial charge in [-0.1, -0.05) is 84.9 Å². The molecule has 0 atom stereocenters. The molecule has 43 heavy (non-hydrogen) atoms. The summed E-state index contributed by atoms with van der Waals surface area (Å²) in [6, 6.07) is 44.8. The Balaban J connectivity index is 1.30. The summed E-state index contributed by atoms with van der Waals surface area (Å²) < 4.78 is 4.24. The zero-order valence-corrected chi connectivity index (χ0v) is 23.2. The van der Waals surface area contributed by atoms with E-state index in [1.54, 1.807) is 0 Å². The molecule has 0 spiro atoms. The van der Waals surface area contributed by atoms with Crippen molar-refractivity contribution < 1.29 is 0 Å². The third kappa shape index (κ3) is 3.72. The largest absolute Gasteiger partial charge is 0.309 e. The monoisotopic (exact) mass is 551 g/mol. The van der Waals surface area contributed by atoms with Crippen LogP contribution in [0.1, 0.15) is 11.1 Å². The van der Waals surface area contributed by atoms with Gasteiger partial charge < -0.3 is 4.90 Å². The minimum Gasteiger partial charge on any atom is -0.309 e. The van der Waals surface area contributed by atoms with Gasteiger partial charge in [0, 0.05) is 34.2 Å². The van der Waals surface area contributed by atoms with Gasteiger partial charge in [0.2, 0.25) is 0 Å². The molecule has 9 rings (SSSR count). The number of pyridine rings is 1. The fourth-order valence-electron chi connectivity index (χ4n) is 6.36. The minimum atomic E-state index is 0.900. The molecule has 0 saturated heterocycles. The van der Waals surface area contributed by atoms with Gasteiger partial charge in [0.1, 0.15) is 5.82 Å². The van der Waals surface area contributed by atoms with Crippen LogP contribution in [0.2, 0.25) is 0 Å². The maximum absolute atomic E-state index is 4.88. The van der Waals surface area contributed by atoms with Crippen molar-refractivity contribution in [2.45, 2.75) is 0 Å². The Bertz CT molecular complexity index is 2330. The number of para-hydroxylation sites is 2. The van der Waals surface area contributed by atoms with Crippen molar-refractivity contribution >= 4 is 61.9 Å². The zero-order chi connectivity index (χ0) is 28.3. The van der Waals surface area contributed by atoms with E-state index in [1.165, 1.54) is 10.8 Å². The van der Waals surface area contributed by atoms with Crippen molar-refractivity contribution in [3.63, 3.8) is 0 Å². The molecule has 0 bridgehead atoms. The highest BCUT2D eigenvalue weighted by Crippen LogP contribution is 2.44. The fourth-order valence-corrected chi connectivity index (χ4v) is 6.36. The number of rotatable bonds is 3. The van der Waals surface area contributed by atoms with Crippen LogP contribution in [0.15, 0.2) is 140 Å². The molecule has 3 aromatic heterocycles. The number of hydrogen-bond donors (Lipinski definition) is 0. The Kier molecular flexibility index (Phi) is 5.13. The fraction of sp³-hybridized carbons (Fsp3) is 0. The van der Waals surface area contributed by atoms with Gasteiger partial charge >= 0.3 is 0 Å². The van der Waals surface area contributed by atoms with E-state index in [9.17, 15) is 0 Å². The van der Waals surface area contributed by atoms with Gasteiger partial charge in [0.15, 0.2) is 0 Å². The molecule has 5 nitrogen and oxygen atoms in total. The minimum absolute atomic E-state index is 0.900. The van der Waals surface area contributed by atoms with Crippen LogP contribution in [0.4, 0.5) is 17.1 Å². The van der Waals surface area contributed by atoms with Gasteiger partial charge in [-0.2, -0.15) is 5.10 Å². The second kappa shape index (κ2) is 9.29. The van der Waals surface area contributed by atoms with Gasteiger partial charge in [-0.15, -0.1) is 0 Å². The van der Waals surface area contributed by atoms with Gasteiger partial charge in [0.25, 0.3) is 0 Å². The van der Waals surface area contributed by atoms with E-state index in [1.807, 2.05) is 29.1 Å². The van der Waals surface area contributed by atoms with Crippen LogP contribution < -0.4 is 4.90 Å². The summed E-state index contributed by atoms with van der Waals surface area (Å²) in [5, 5.41) is 8.40. The average molecular weight is 552 g/mol. The highest BCUT2D eigenvalue weighted by molar-refractivity contribution is 6.10. The topological polar surface area (TPSA) is 38.9 Å². The van der Waals surface area contributed by atoms with E-state index < -0.39 is 0 Å². The third-order valence-corrected chi connectivity index (χ3v) is 8.35. The van der Waals surface area contributed by atoms with Crippen LogP contribution in [0.5, 0.6) is 0 Å². The first kappa shape index (κ1) is 23.7. The summed E-state index contributed by atoms with van der Waals surface area (Å²) >= 11 is 0. The van der Waals surface area contributed by atoms with E-state index in [0.717, 1.165) is 61.6 Å². The molecule has 0 saturated carbocycles. The first-order chi connectivity index (χ1) is 21.3. The van der Waals surface area contributed by atoms with Crippen molar-refractivity contribution in [3.05, 3.63) is 151 Å². The van der Waals surface area contributed by atoms with Gasteiger partial charge in [0.05, 0.1) is 33.6 Å². The molecule has 5 heteroatoms.